The minimum Gasteiger partial charge on any atom is -0.298 e. The van der Waals surface area contributed by atoms with Gasteiger partial charge in [0.25, 0.3) is 0 Å². The van der Waals surface area contributed by atoms with Crippen molar-refractivity contribution < 1.29 is 14.4 Å². The van der Waals surface area contributed by atoms with Crippen LogP contribution < -0.4 is 0 Å². The third kappa shape index (κ3) is 2.65. The van der Waals surface area contributed by atoms with Crippen molar-refractivity contribution in [1.82, 2.24) is 0 Å². The Kier molecular flexibility index (Phi) is 4.25. The number of carbonyl (C=O) groups is 3. The molecule has 3 heteroatoms. The van der Waals surface area contributed by atoms with Crippen LogP contribution in [0.3, 0.4) is 0 Å². The average Bonchev–Trinajstić information content (AvgIpc) is 2.68. The molecule has 0 fully saturated rings. The second-order valence-corrected chi connectivity index (χ2v) is 4.98. The van der Waals surface area contributed by atoms with Crippen molar-refractivity contribution in [3.05, 3.63) is 35.4 Å². The minimum atomic E-state index is -1.07. The van der Waals surface area contributed by atoms with Gasteiger partial charge in [-0.1, -0.05) is 50.5 Å². The molecule has 1 aliphatic rings. The number of hydrogen-bond acceptors (Lipinski definition) is 3. The van der Waals surface area contributed by atoms with Crippen LogP contribution in [-0.2, 0) is 4.79 Å². The molecule has 1 aliphatic carbocycles. The molecule has 0 N–H and O–H groups in total. The Hall–Kier alpha value is -1.77. The summed E-state index contributed by atoms with van der Waals surface area (Å²) >= 11 is 0. The van der Waals surface area contributed by atoms with Crippen LogP contribution in [0, 0.1) is 5.92 Å². The summed E-state index contributed by atoms with van der Waals surface area (Å²) in [6, 6.07) is 6.69. The molecule has 0 atom stereocenters. The largest absolute Gasteiger partial charge is 0.298 e. The molecule has 0 aliphatic heterocycles. The van der Waals surface area contributed by atoms with Gasteiger partial charge in [-0.15, -0.1) is 0 Å². The van der Waals surface area contributed by atoms with Gasteiger partial charge in [0, 0.05) is 17.5 Å². The van der Waals surface area contributed by atoms with E-state index in [-0.39, 0.29) is 17.3 Å². The van der Waals surface area contributed by atoms with E-state index in [1.54, 1.807) is 24.3 Å². The molecular formula is C16H18O3. The number of ketones is 3. The quantitative estimate of drug-likeness (QED) is 0.581. The predicted molar refractivity (Wildman–Crippen MR) is 72.4 cm³/mol. The Morgan fingerprint density at radius 3 is 2.11 bits per heavy atom. The minimum absolute atomic E-state index is 0.220. The van der Waals surface area contributed by atoms with E-state index in [1.165, 1.54) is 0 Å². The number of hydrogen-bond donors (Lipinski definition) is 0. The summed E-state index contributed by atoms with van der Waals surface area (Å²) in [6.07, 6.45) is 4.25. The Labute approximate surface area is 113 Å². The third-order valence-corrected chi connectivity index (χ3v) is 3.58. The summed E-state index contributed by atoms with van der Waals surface area (Å²) in [5.74, 6) is -1.93. The van der Waals surface area contributed by atoms with Crippen LogP contribution in [0.4, 0.5) is 0 Å². The standard InChI is InChI=1S/C16H18O3/c1-2-3-4-5-10-13(17)14-15(18)11-8-6-7-9-12(11)16(14)19/h6-9,14H,2-5,10H2,1H3. The van der Waals surface area contributed by atoms with E-state index >= 15 is 0 Å². The molecule has 0 aromatic heterocycles. The molecule has 100 valence electrons. The van der Waals surface area contributed by atoms with E-state index in [1.807, 2.05) is 0 Å². The lowest BCUT2D eigenvalue weighted by molar-refractivity contribution is -0.120. The Morgan fingerprint density at radius 2 is 1.58 bits per heavy atom. The lowest BCUT2D eigenvalue weighted by Gasteiger charge is -2.05. The van der Waals surface area contributed by atoms with Gasteiger partial charge in [-0.2, -0.15) is 0 Å². The van der Waals surface area contributed by atoms with E-state index in [0.717, 1.165) is 25.7 Å². The molecule has 0 radical (unpaired) electrons. The fourth-order valence-corrected chi connectivity index (χ4v) is 2.51. The monoisotopic (exact) mass is 258 g/mol. The van der Waals surface area contributed by atoms with Gasteiger partial charge >= 0.3 is 0 Å². The maximum absolute atomic E-state index is 12.1. The van der Waals surface area contributed by atoms with E-state index < -0.39 is 5.92 Å². The van der Waals surface area contributed by atoms with Crippen molar-refractivity contribution in [2.45, 2.75) is 39.0 Å². The first-order chi connectivity index (χ1) is 9.16. The third-order valence-electron chi connectivity index (χ3n) is 3.58. The summed E-state index contributed by atoms with van der Waals surface area (Å²) in [7, 11) is 0. The van der Waals surface area contributed by atoms with E-state index in [0.29, 0.717) is 17.5 Å². The van der Waals surface area contributed by atoms with Gasteiger partial charge in [0.05, 0.1) is 0 Å². The molecule has 2 rings (SSSR count). The molecule has 1 aromatic rings. The molecule has 0 unspecified atom stereocenters. The van der Waals surface area contributed by atoms with Gasteiger partial charge < -0.3 is 0 Å². The number of unbranched alkanes of at least 4 members (excludes halogenated alkanes) is 3. The van der Waals surface area contributed by atoms with Crippen molar-refractivity contribution in [3.63, 3.8) is 0 Å². The smallest absolute Gasteiger partial charge is 0.181 e. The summed E-state index contributed by atoms with van der Waals surface area (Å²) in [5, 5.41) is 0. The summed E-state index contributed by atoms with van der Waals surface area (Å²) in [6.45, 7) is 2.10. The SMILES string of the molecule is CCCCCCC(=O)C1C(=O)c2ccccc2C1=O. The van der Waals surface area contributed by atoms with E-state index in [4.69, 9.17) is 0 Å². The number of rotatable bonds is 6. The van der Waals surface area contributed by atoms with Crippen LogP contribution in [-0.4, -0.2) is 17.3 Å². The van der Waals surface area contributed by atoms with Gasteiger partial charge in [-0.25, -0.2) is 0 Å². The number of Topliss-reactive ketones (excluding diaryl/α,β-unsaturated/α-hetero) is 3. The topological polar surface area (TPSA) is 51.2 Å². The van der Waals surface area contributed by atoms with Crippen molar-refractivity contribution >= 4 is 17.3 Å². The van der Waals surface area contributed by atoms with Crippen LogP contribution in [0.25, 0.3) is 0 Å². The first kappa shape index (κ1) is 13.7. The molecule has 3 nitrogen and oxygen atoms in total. The fraction of sp³-hybridized carbons (Fsp3) is 0.438. The summed E-state index contributed by atoms with van der Waals surface area (Å²) in [5.41, 5.74) is 0.804. The fourth-order valence-electron chi connectivity index (χ4n) is 2.51. The van der Waals surface area contributed by atoms with Gasteiger partial charge in [0.2, 0.25) is 0 Å². The van der Waals surface area contributed by atoms with Crippen LogP contribution in [0.15, 0.2) is 24.3 Å². The van der Waals surface area contributed by atoms with Crippen molar-refractivity contribution in [3.8, 4) is 0 Å². The van der Waals surface area contributed by atoms with Crippen LogP contribution in [0.5, 0.6) is 0 Å². The van der Waals surface area contributed by atoms with E-state index in [2.05, 4.69) is 6.92 Å². The van der Waals surface area contributed by atoms with Crippen molar-refractivity contribution in [2.75, 3.05) is 0 Å². The molecule has 0 saturated carbocycles. The van der Waals surface area contributed by atoms with Gasteiger partial charge in [0.1, 0.15) is 5.92 Å². The lowest BCUT2D eigenvalue weighted by atomic mass is 9.94. The molecule has 0 saturated heterocycles. The zero-order valence-electron chi connectivity index (χ0n) is 11.1. The first-order valence-corrected chi connectivity index (χ1v) is 6.87. The molecule has 0 amide bonds. The molecule has 19 heavy (non-hydrogen) atoms. The predicted octanol–water partition coefficient (Wildman–Crippen LogP) is 3.22. The van der Waals surface area contributed by atoms with Crippen molar-refractivity contribution in [2.24, 2.45) is 5.92 Å². The first-order valence-electron chi connectivity index (χ1n) is 6.87. The lowest BCUT2D eigenvalue weighted by Crippen LogP contribution is -2.25. The zero-order chi connectivity index (χ0) is 13.8. The second kappa shape index (κ2) is 5.91. The van der Waals surface area contributed by atoms with Crippen molar-refractivity contribution in [1.29, 1.82) is 0 Å². The van der Waals surface area contributed by atoms with Gasteiger partial charge in [0.15, 0.2) is 17.3 Å². The molecule has 0 heterocycles. The maximum Gasteiger partial charge on any atom is 0.181 e. The number of fused-ring (bicyclic) bond motifs is 1. The Morgan fingerprint density at radius 1 is 1.00 bits per heavy atom. The highest BCUT2D eigenvalue weighted by Gasteiger charge is 2.42. The Bertz CT molecular complexity index is 481. The molecule has 1 aromatic carbocycles. The van der Waals surface area contributed by atoms with Crippen LogP contribution >= 0.6 is 0 Å². The number of carbonyl (C=O) groups excluding carboxylic acids is 3. The second-order valence-electron chi connectivity index (χ2n) is 4.98. The van der Waals surface area contributed by atoms with Gasteiger partial charge in [-0.3, -0.25) is 14.4 Å². The average molecular weight is 258 g/mol. The van der Waals surface area contributed by atoms with E-state index in [9.17, 15) is 14.4 Å². The summed E-state index contributed by atoms with van der Waals surface area (Å²) < 4.78 is 0. The van der Waals surface area contributed by atoms with Crippen LogP contribution in [0.2, 0.25) is 0 Å². The highest BCUT2D eigenvalue weighted by atomic mass is 16.2. The summed E-state index contributed by atoms with van der Waals surface area (Å²) in [4.78, 5) is 36.2. The maximum atomic E-state index is 12.1. The normalized spacial score (nSPS) is 14.8. The molecule has 0 spiro atoms. The van der Waals surface area contributed by atoms with Gasteiger partial charge in [-0.05, 0) is 6.42 Å². The highest BCUT2D eigenvalue weighted by molar-refractivity contribution is 6.35. The Balaban J connectivity index is 2.05. The zero-order valence-corrected chi connectivity index (χ0v) is 11.1. The number of benzene rings is 1. The molecular weight excluding hydrogens is 240 g/mol. The van der Waals surface area contributed by atoms with Crippen LogP contribution in [0.1, 0.15) is 59.7 Å². The molecule has 0 bridgehead atoms. The highest BCUT2D eigenvalue weighted by Crippen LogP contribution is 2.28.